The van der Waals surface area contributed by atoms with Gasteiger partial charge in [-0.25, -0.2) is 0 Å². The summed E-state index contributed by atoms with van der Waals surface area (Å²) >= 11 is 1.76. The molecule has 1 unspecified atom stereocenters. The van der Waals surface area contributed by atoms with Gasteiger partial charge < -0.3 is 10.8 Å². The fourth-order valence-corrected chi connectivity index (χ4v) is 2.01. The van der Waals surface area contributed by atoms with E-state index in [9.17, 15) is 0 Å². The van der Waals surface area contributed by atoms with Crippen LogP contribution >= 0.6 is 11.8 Å². The average molecular weight is 147 g/mol. The number of rotatable bonds is 3. The standard InChI is InChI=1S/C6H13NOS/c1-9-4-6(2-3-6)5(7)8/h5,8H,2-4,7H2,1H3. The Morgan fingerprint density at radius 1 is 1.78 bits per heavy atom. The SMILES string of the molecule is CSCC1(C(N)O)CC1. The first kappa shape index (κ1) is 7.38. The molecule has 0 aromatic heterocycles. The molecule has 9 heavy (non-hydrogen) atoms. The van der Waals surface area contributed by atoms with Gasteiger partial charge in [-0.15, -0.1) is 0 Å². The minimum absolute atomic E-state index is 0.0966. The highest BCUT2D eigenvalue weighted by Gasteiger charge is 2.46. The predicted octanol–water partition coefficient (Wildman–Crippen LogP) is 0.407. The predicted molar refractivity (Wildman–Crippen MR) is 40.2 cm³/mol. The molecule has 0 aromatic carbocycles. The van der Waals surface area contributed by atoms with E-state index < -0.39 is 6.23 Å². The summed E-state index contributed by atoms with van der Waals surface area (Å²) < 4.78 is 0. The molecule has 1 fully saturated rings. The van der Waals surface area contributed by atoms with E-state index in [1.807, 2.05) is 6.26 Å². The maximum absolute atomic E-state index is 9.04. The van der Waals surface area contributed by atoms with Crippen molar-refractivity contribution in [2.24, 2.45) is 11.1 Å². The summed E-state index contributed by atoms with van der Waals surface area (Å²) in [6, 6.07) is 0. The third-order valence-electron chi connectivity index (χ3n) is 1.95. The van der Waals surface area contributed by atoms with Crippen molar-refractivity contribution in [3.8, 4) is 0 Å². The normalized spacial score (nSPS) is 25.7. The van der Waals surface area contributed by atoms with Gasteiger partial charge in [0.05, 0.1) is 0 Å². The van der Waals surface area contributed by atoms with Crippen LogP contribution in [-0.4, -0.2) is 23.3 Å². The Kier molecular flexibility index (Phi) is 2.03. The Morgan fingerprint density at radius 2 is 2.33 bits per heavy atom. The largest absolute Gasteiger partial charge is 0.378 e. The van der Waals surface area contributed by atoms with E-state index >= 15 is 0 Å². The van der Waals surface area contributed by atoms with E-state index in [1.54, 1.807) is 11.8 Å². The molecule has 54 valence electrons. The van der Waals surface area contributed by atoms with Crippen molar-refractivity contribution in [3.63, 3.8) is 0 Å². The van der Waals surface area contributed by atoms with E-state index in [4.69, 9.17) is 10.8 Å². The van der Waals surface area contributed by atoms with Crippen LogP contribution in [0.4, 0.5) is 0 Å². The van der Waals surface area contributed by atoms with Crippen molar-refractivity contribution >= 4 is 11.8 Å². The van der Waals surface area contributed by atoms with E-state index in [0.29, 0.717) is 0 Å². The Labute approximate surface area is 59.8 Å². The molecule has 0 saturated heterocycles. The second-order valence-corrected chi connectivity index (χ2v) is 3.61. The number of hydrogen-bond acceptors (Lipinski definition) is 3. The van der Waals surface area contributed by atoms with Crippen LogP contribution in [-0.2, 0) is 0 Å². The maximum atomic E-state index is 9.04. The molecule has 1 aliphatic rings. The zero-order valence-electron chi connectivity index (χ0n) is 5.63. The van der Waals surface area contributed by atoms with Crippen LogP contribution in [0.25, 0.3) is 0 Å². The first-order chi connectivity index (χ1) is 4.21. The lowest BCUT2D eigenvalue weighted by Gasteiger charge is -2.15. The van der Waals surface area contributed by atoms with Crippen molar-refractivity contribution in [1.29, 1.82) is 0 Å². The van der Waals surface area contributed by atoms with Gasteiger partial charge in [0.25, 0.3) is 0 Å². The van der Waals surface area contributed by atoms with Gasteiger partial charge in [0, 0.05) is 11.2 Å². The van der Waals surface area contributed by atoms with Gasteiger partial charge in [-0.2, -0.15) is 11.8 Å². The molecule has 3 N–H and O–H groups in total. The molecular weight excluding hydrogens is 134 g/mol. The molecule has 1 atom stereocenters. The van der Waals surface area contributed by atoms with Crippen LogP contribution in [0, 0.1) is 5.41 Å². The van der Waals surface area contributed by atoms with Crippen LogP contribution in [0.15, 0.2) is 0 Å². The molecule has 0 aromatic rings. The lowest BCUT2D eigenvalue weighted by atomic mass is 10.1. The zero-order chi connectivity index (χ0) is 6.91. The first-order valence-corrected chi connectivity index (χ1v) is 4.53. The third kappa shape index (κ3) is 1.39. The summed E-state index contributed by atoms with van der Waals surface area (Å²) in [5, 5.41) is 9.04. The van der Waals surface area contributed by atoms with Gasteiger partial charge in [-0.1, -0.05) is 0 Å². The van der Waals surface area contributed by atoms with Crippen LogP contribution in [0.5, 0.6) is 0 Å². The molecule has 2 nitrogen and oxygen atoms in total. The van der Waals surface area contributed by atoms with Crippen molar-refractivity contribution in [3.05, 3.63) is 0 Å². The second-order valence-electron chi connectivity index (χ2n) is 2.74. The highest BCUT2D eigenvalue weighted by atomic mass is 32.2. The van der Waals surface area contributed by atoms with Crippen molar-refractivity contribution < 1.29 is 5.11 Å². The quantitative estimate of drug-likeness (QED) is 0.568. The van der Waals surface area contributed by atoms with Gasteiger partial charge in [0.15, 0.2) is 0 Å². The third-order valence-corrected chi connectivity index (χ3v) is 2.82. The molecule has 0 spiro atoms. The molecular formula is C6H13NOS. The molecule has 0 bridgehead atoms. The molecule has 3 heteroatoms. The average Bonchev–Trinajstić information content (AvgIpc) is 2.49. The Morgan fingerprint density at radius 3 is 2.44 bits per heavy atom. The number of thioether (sulfide) groups is 1. The van der Waals surface area contributed by atoms with Gasteiger partial charge in [-0.05, 0) is 19.1 Å². The lowest BCUT2D eigenvalue weighted by molar-refractivity contribution is 0.112. The molecule has 1 aliphatic carbocycles. The van der Waals surface area contributed by atoms with E-state index in [2.05, 4.69) is 0 Å². The fraction of sp³-hybridized carbons (Fsp3) is 1.00. The first-order valence-electron chi connectivity index (χ1n) is 3.14. The van der Waals surface area contributed by atoms with Crippen LogP contribution in [0.1, 0.15) is 12.8 Å². The van der Waals surface area contributed by atoms with Crippen LogP contribution in [0.3, 0.4) is 0 Å². The van der Waals surface area contributed by atoms with Gasteiger partial charge in [0.2, 0.25) is 0 Å². The summed E-state index contributed by atoms with van der Waals surface area (Å²) in [6.45, 7) is 0. The van der Waals surface area contributed by atoms with Gasteiger partial charge in [-0.3, -0.25) is 0 Å². The lowest BCUT2D eigenvalue weighted by Crippen LogP contribution is -2.32. The summed E-state index contributed by atoms with van der Waals surface area (Å²) in [5.74, 6) is 1.00. The Hall–Kier alpha value is 0.270. The number of aliphatic hydroxyl groups is 1. The van der Waals surface area contributed by atoms with Crippen LogP contribution < -0.4 is 5.73 Å². The molecule has 0 amide bonds. The molecule has 1 saturated carbocycles. The number of aliphatic hydroxyl groups excluding tert-OH is 1. The smallest absolute Gasteiger partial charge is 0.108 e. The van der Waals surface area contributed by atoms with E-state index in [-0.39, 0.29) is 5.41 Å². The van der Waals surface area contributed by atoms with Gasteiger partial charge in [0.1, 0.15) is 6.23 Å². The van der Waals surface area contributed by atoms with Crippen molar-refractivity contribution in [2.75, 3.05) is 12.0 Å². The Balaban J connectivity index is 2.33. The van der Waals surface area contributed by atoms with E-state index in [0.717, 1.165) is 18.6 Å². The monoisotopic (exact) mass is 147 g/mol. The zero-order valence-corrected chi connectivity index (χ0v) is 6.45. The molecule has 1 rings (SSSR count). The Bertz CT molecular complexity index is 101. The molecule has 0 heterocycles. The van der Waals surface area contributed by atoms with Crippen molar-refractivity contribution in [1.82, 2.24) is 0 Å². The maximum Gasteiger partial charge on any atom is 0.108 e. The highest BCUT2D eigenvalue weighted by Crippen LogP contribution is 2.49. The number of nitrogens with two attached hydrogens (primary N) is 1. The summed E-state index contributed by atoms with van der Waals surface area (Å²) in [7, 11) is 0. The molecule has 0 aliphatic heterocycles. The van der Waals surface area contributed by atoms with E-state index in [1.165, 1.54) is 0 Å². The molecule has 0 radical (unpaired) electrons. The van der Waals surface area contributed by atoms with Gasteiger partial charge >= 0.3 is 0 Å². The highest BCUT2D eigenvalue weighted by molar-refractivity contribution is 7.98. The summed E-state index contributed by atoms with van der Waals surface area (Å²) in [5.41, 5.74) is 5.46. The summed E-state index contributed by atoms with van der Waals surface area (Å²) in [6.07, 6.45) is 3.66. The van der Waals surface area contributed by atoms with Crippen molar-refractivity contribution in [2.45, 2.75) is 19.1 Å². The number of hydrogen-bond donors (Lipinski definition) is 2. The van der Waals surface area contributed by atoms with Crippen LogP contribution in [0.2, 0.25) is 0 Å². The minimum atomic E-state index is -0.593. The fourth-order valence-electron chi connectivity index (χ4n) is 0.973. The summed E-state index contributed by atoms with van der Waals surface area (Å²) in [4.78, 5) is 0. The topological polar surface area (TPSA) is 46.2 Å². The second kappa shape index (κ2) is 2.48. The minimum Gasteiger partial charge on any atom is -0.378 e.